The SMILES string of the molecule is CCOc1ccc(-n2c(SCC(=O)Nc3ccc(C(C)CC)cc3)nnc2-c2ccccc2)cc1. The first-order valence-electron chi connectivity index (χ1n) is 11.9. The van der Waals surface area contributed by atoms with E-state index in [1.54, 1.807) is 0 Å². The monoisotopic (exact) mass is 486 g/mol. The fraction of sp³-hybridized carbons (Fsp3) is 0.250. The molecule has 0 aliphatic rings. The maximum atomic E-state index is 12.7. The number of carbonyl (C=O) groups is 1. The molecule has 0 spiro atoms. The molecule has 0 saturated heterocycles. The zero-order valence-electron chi connectivity index (χ0n) is 20.3. The van der Waals surface area contributed by atoms with Crippen LogP contribution in [0.1, 0.15) is 38.7 Å². The Hall–Kier alpha value is -3.58. The molecular weight excluding hydrogens is 456 g/mol. The van der Waals surface area contributed by atoms with E-state index in [0.717, 1.165) is 34.9 Å². The van der Waals surface area contributed by atoms with Crippen LogP contribution >= 0.6 is 11.8 Å². The molecular formula is C28H30N4O2S. The van der Waals surface area contributed by atoms with E-state index in [0.29, 0.717) is 17.7 Å². The van der Waals surface area contributed by atoms with Gasteiger partial charge in [-0.15, -0.1) is 10.2 Å². The summed E-state index contributed by atoms with van der Waals surface area (Å²) in [5.41, 5.74) is 3.92. The quantitative estimate of drug-likeness (QED) is 0.257. The van der Waals surface area contributed by atoms with Gasteiger partial charge < -0.3 is 10.1 Å². The van der Waals surface area contributed by atoms with Gasteiger partial charge in [0, 0.05) is 16.9 Å². The van der Waals surface area contributed by atoms with Gasteiger partial charge in [0.25, 0.3) is 0 Å². The lowest BCUT2D eigenvalue weighted by atomic mass is 9.99. The van der Waals surface area contributed by atoms with Gasteiger partial charge in [-0.05, 0) is 61.2 Å². The van der Waals surface area contributed by atoms with Gasteiger partial charge >= 0.3 is 0 Å². The Morgan fingerprint density at radius 3 is 2.34 bits per heavy atom. The van der Waals surface area contributed by atoms with Crippen molar-refractivity contribution in [1.29, 1.82) is 0 Å². The highest BCUT2D eigenvalue weighted by Gasteiger charge is 2.17. The van der Waals surface area contributed by atoms with Crippen LogP contribution in [-0.2, 0) is 4.79 Å². The molecule has 4 aromatic rings. The first kappa shape index (κ1) is 24.5. The van der Waals surface area contributed by atoms with Crippen molar-refractivity contribution in [2.75, 3.05) is 17.7 Å². The highest BCUT2D eigenvalue weighted by atomic mass is 32.2. The zero-order valence-corrected chi connectivity index (χ0v) is 21.1. The van der Waals surface area contributed by atoms with E-state index in [-0.39, 0.29) is 11.7 Å². The molecule has 1 unspecified atom stereocenters. The Kier molecular flexibility index (Phi) is 8.21. The molecule has 180 valence electrons. The van der Waals surface area contributed by atoms with Crippen LogP contribution in [0.15, 0.2) is 84.0 Å². The predicted molar refractivity (Wildman–Crippen MR) is 142 cm³/mol. The van der Waals surface area contributed by atoms with Crippen molar-refractivity contribution in [2.45, 2.75) is 38.3 Å². The summed E-state index contributed by atoms with van der Waals surface area (Å²) in [7, 11) is 0. The van der Waals surface area contributed by atoms with E-state index in [2.05, 4.69) is 41.5 Å². The molecule has 0 bridgehead atoms. The first-order valence-corrected chi connectivity index (χ1v) is 12.8. The maximum Gasteiger partial charge on any atom is 0.234 e. The van der Waals surface area contributed by atoms with Crippen LogP contribution in [0.25, 0.3) is 17.1 Å². The van der Waals surface area contributed by atoms with Crippen molar-refractivity contribution < 1.29 is 9.53 Å². The molecule has 0 radical (unpaired) electrons. The summed E-state index contributed by atoms with van der Waals surface area (Å²) in [6.45, 7) is 6.94. The van der Waals surface area contributed by atoms with Crippen LogP contribution in [0.5, 0.6) is 5.75 Å². The largest absolute Gasteiger partial charge is 0.494 e. The van der Waals surface area contributed by atoms with Crippen molar-refractivity contribution in [3.63, 3.8) is 0 Å². The van der Waals surface area contributed by atoms with E-state index >= 15 is 0 Å². The van der Waals surface area contributed by atoms with Crippen LogP contribution in [0, 0.1) is 0 Å². The summed E-state index contributed by atoms with van der Waals surface area (Å²) in [5, 5.41) is 12.5. The second-order valence-electron chi connectivity index (χ2n) is 8.20. The minimum Gasteiger partial charge on any atom is -0.494 e. The molecule has 0 fully saturated rings. The number of rotatable bonds is 10. The number of anilines is 1. The van der Waals surface area contributed by atoms with Crippen LogP contribution in [0.2, 0.25) is 0 Å². The molecule has 1 N–H and O–H groups in total. The summed E-state index contributed by atoms with van der Waals surface area (Å²) in [6.07, 6.45) is 1.09. The lowest BCUT2D eigenvalue weighted by Crippen LogP contribution is -2.14. The maximum absolute atomic E-state index is 12.7. The number of hydrogen-bond donors (Lipinski definition) is 1. The van der Waals surface area contributed by atoms with E-state index in [1.165, 1.54) is 17.3 Å². The Bertz CT molecular complexity index is 1240. The van der Waals surface area contributed by atoms with Gasteiger partial charge in [-0.3, -0.25) is 9.36 Å². The van der Waals surface area contributed by atoms with Gasteiger partial charge in [0.1, 0.15) is 5.75 Å². The van der Waals surface area contributed by atoms with Gasteiger partial charge in [-0.1, -0.05) is 68.1 Å². The highest BCUT2D eigenvalue weighted by Crippen LogP contribution is 2.29. The van der Waals surface area contributed by atoms with E-state index in [9.17, 15) is 4.79 Å². The van der Waals surface area contributed by atoms with Gasteiger partial charge in [-0.2, -0.15) is 0 Å². The van der Waals surface area contributed by atoms with Crippen molar-refractivity contribution in [1.82, 2.24) is 14.8 Å². The molecule has 0 aliphatic heterocycles. The van der Waals surface area contributed by atoms with Crippen molar-refractivity contribution in [3.05, 3.63) is 84.4 Å². The number of ether oxygens (including phenoxy) is 1. The lowest BCUT2D eigenvalue weighted by Gasteiger charge is -2.12. The van der Waals surface area contributed by atoms with Crippen LogP contribution in [0.4, 0.5) is 5.69 Å². The molecule has 1 atom stereocenters. The molecule has 0 saturated carbocycles. The second kappa shape index (κ2) is 11.7. The molecule has 7 heteroatoms. The molecule has 1 heterocycles. The van der Waals surface area contributed by atoms with E-state index in [1.807, 2.05) is 78.2 Å². The number of nitrogens with one attached hydrogen (secondary N) is 1. The zero-order chi connectivity index (χ0) is 24.6. The smallest absolute Gasteiger partial charge is 0.234 e. The average molecular weight is 487 g/mol. The van der Waals surface area contributed by atoms with Gasteiger partial charge in [0.2, 0.25) is 5.91 Å². The minimum absolute atomic E-state index is 0.0891. The van der Waals surface area contributed by atoms with E-state index < -0.39 is 0 Å². The van der Waals surface area contributed by atoms with Gasteiger partial charge in [-0.25, -0.2) is 0 Å². The Balaban J connectivity index is 1.52. The summed E-state index contributed by atoms with van der Waals surface area (Å²) < 4.78 is 7.56. The van der Waals surface area contributed by atoms with Crippen LogP contribution in [0.3, 0.4) is 0 Å². The fourth-order valence-corrected chi connectivity index (χ4v) is 4.44. The molecule has 1 aromatic heterocycles. The van der Waals surface area contributed by atoms with Crippen LogP contribution in [-0.4, -0.2) is 33.0 Å². The number of thioether (sulfide) groups is 1. The standard InChI is InChI=1S/C28H30N4O2S/c1-4-20(3)21-11-13-23(14-12-21)29-26(33)19-35-28-31-30-27(22-9-7-6-8-10-22)32(28)24-15-17-25(18-16-24)34-5-2/h6-18,20H,4-5,19H2,1-3H3,(H,29,33). The Morgan fingerprint density at radius 1 is 0.971 bits per heavy atom. The molecule has 3 aromatic carbocycles. The number of amides is 1. The predicted octanol–water partition coefficient (Wildman–Crippen LogP) is 6.58. The van der Waals surface area contributed by atoms with Crippen molar-refractivity contribution in [2.24, 2.45) is 0 Å². The third-order valence-corrected chi connectivity index (χ3v) is 6.71. The molecule has 6 nitrogen and oxygen atoms in total. The highest BCUT2D eigenvalue weighted by molar-refractivity contribution is 7.99. The molecule has 35 heavy (non-hydrogen) atoms. The topological polar surface area (TPSA) is 69.0 Å². The summed E-state index contributed by atoms with van der Waals surface area (Å²) in [5.74, 6) is 2.16. The fourth-order valence-electron chi connectivity index (χ4n) is 3.69. The van der Waals surface area contributed by atoms with E-state index in [4.69, 9.17) is 4.74 Å². The van der Waals surface area contributed by atoms with Crippen LogP contribution < -0.4 is 10.1 Å². The number of carbonyl (C=O) groups excluding carboxylic acids is 1. The Labute approximate surface area is 210 Å². The normalized spacial score (nSPS) is 11.7. The molecule has 1 amide bonds. The summed E-state index contributed by atoms with van der Waals surface area (Å²) >= 11 is 1.36. The van der Waals surface area contributed by atoms with Crippen molar-refractivity contribution in [3.8, 4) is 22.8 Å². The summed E-state index contributed by atoms with van der Waals surface area (Å²) in [4.78, 5) is 12.7. The summed E-state index contributed by atoms with van der Waals surface area (Å²) in [6, 6.07) is 25.8. The number of nitrogens with zero attached hydrogens (tertiary/aromatic N) is 3. The molecule has 0 aliphatic carbocycles. The van der Waals surface area contributed by atoms with Gasteiger partial charge in [0.05, 0.1) is 12.4 Å². The minimum atomic E-state index is -0.0891. The first-order chi connectivity index (χ1) is 17.1. The Morgan fingerprint density at radius 2 is 1.69 bits per heavy atom. The number of hydrogen-bond acceptors (Lipinski definition) is 5. The number of aromatic nitrogens is 3. The number of benzene rings is 3. The third kappa shape index (κ3) is 6.11. The van der Waals surface area contributed by atoms with Crippen molar-refractivity contribution >= 4 is 23.4 Å². The molecule has 4 rings (SSSR count). The second-order valence-corrected chi connectivity index (χ2v) is 9.15. The van der Waals surface area contributed by atoms with Gasteiger partial charge in [0.15, 0.2) is 11.0 Å². The third-order valence-electron chi connectivity index (χ3n) is 5.78. The average Bonchev–Trinajstić information content (AvgIpc) is 3.32. The lowest BCUT2D eigenvalue weighted by molar-refractivity contribution is -0.113.